The van der Waals surface area contributed by atoms with E-state index in [0.717, 1.165) is 19.8 Å². The zero-order valence-corrected chi connectivity index (χ0v) is 9.05. The number of rotatable bonds is 3. The second-order valence-corrected chi connectivity index (χ2v) is 4.43. The van der Waals surface area contributed by atoms with Crippen LogP contribution in [0.15, 0.2) is 0 Å². The molecule has 0 saturated carbocycles. The first kappa shape index (κ1) is 11.2. The van der Waals surface area contributed by atoms with E-state index in [-0.39, 0.29) is 5.54 Å². The van der Waals surface area contributed by atoms with Crippen molar-refractivity contribution in [1.82, 2.24) is 4.90 Å². The average Bonchev–Trinajstić information content (AvgIpc) is 2.08. The van der Waals surface area contributed by atoms with Gasteiger partial charge in [-0.2, -0.15) is 0 Å². The van der Waals surface area contributed by atoms with Gasteiger partial charge in [0.2, 0.25) is 0 Å². The van der Waals surface area contributed by atoms with Gasteiger partial charge in [-0.25, -0.2) is 0 Å². The summed E-state index contributed by atoms with van der Waals surface area (Å²) in [4.78, 5) is 2.23. The lowest BCUT2D eigenvalue weighted by Crippen LogP contribution is -2.55. The Morgan fingerprint density at radius 2 is 2.31 bits per heavy atom. The zero-order valence-electron chi connectivity index (χ0n) is 8.29. The van der Waals surface area contributed by atoms with E-state index in [0.29, 0.717) is 12.4 Å². The molecule has 0 aromatic heterocycles. The van der Waals surface area contributed by atoms with Gasteiger partial charge in [-0.15, -0.1) is 11.6 Å². The second kappa shape index (κ2) is 4.60. The molecule has 0 bridgehead atoms. The van der Waals surface area contributed by atoms with Gasteiger partial charge in [0.1, 0.15) is 0 Å². The maximum atomic E-state index is 9.43. The maximum Gasteiger partial charge on any atom is 0.0802 e. The van der Waals surface area contributed by atoms with Gasteiger partial charge in [0.15, 0.2) is 0 Å². The minimum absolute atomic E-state index is 0.0191. The topological polar surface area (TPSA) is 32.7 Å². The van der Waals surface area contributed by atoms with Gasteiger partial charge >= 0.3 is 0 Å². The minimum atomic E-state index is -0.431. The molecule has 0 aromatic rings. The highest BCUT2D eigenvalue weighted by Crippen LogP contribution is 2.18. The van der Waals surface area contributed by atoms with Crippen molar-refractivity contribution in [2.45, 2.75) is 25.5 Å². The highest BCUT2D eigenvalue weighted by atomic mass is 35.5. The molecule has 1 atom stereocenters. The molecule has 0 amide bonds. The lowest BCUT2D eigenvalue weighted by molar-refractivity contribution is -0.0640. The maximum absolute atomic E-state index is 9.43. The number of nitrogens with zero attached hydrogens (tertiary/aromatic N) is 1. The summed E-state index contributed by atoms with van der Waals surface area (Å²) in [6, 6.07) is 0. The molecule has 1 heterocycles. The van der Waals surface area contributed by atoms with E-state index in [2.05, 4.69) is 18.7 Å². The summed E-state index contributed by atoms with van der Waals surface area (Å²) in [6.07, 6.45) is -0.431. The van der Waals surface area contributed by atoms with Crippen molar-refractivity contribution in [1.29, 1.82) is 0 Å². The number of hydrogen-bond acceptors (Lipinski definition) is 3. The molecule has 1 rings (SSSR count). The summed E-state index contributed by atoms with van der Waals surface area (Å²) in [6.45, 7) is 7.22. The van der Waals surface area contributed by atoms with Crippen molar-refractivity contribution in [2.24, 2.45) is 0 Å². The molecule has 1 aliphatic rings. The Balaban J connectivity index is 2.46. The number of alkyl halides is 1. The van der Waals surface area contributed by atoms with E-state index in [1.54, 1.807) is 0 Å². The van der Waals surface area contributed by atoms with Gasteiger partial charge in [0, 0.05) is 24.5 Å². The van der Waals surface area contributed by atoms with Gasteiger partial charge < -0.3 is 9.84 Å². The lowest BCUT2D eigenvalue weighted by Gasteiger charge is -2.42. The molecule has 1 N–H and O–H groups in total. The van der Waals surface area contributed by atoms with E-state index in [1.807, 2.05) is 0 Å². The fourth-order valence-corrected chi connectivity index (χ4v) is 1.63. The summed E-state index contributed by atoms with van der Waals surface area (Å²) in [5.41, 5.74) is 0.0191. The summed E-state index contributed by atoms with van der Waals surface area (Å²) >= 11 is 5.56. The quantitative estimate of drug-likeness (QED) is 0.692. The molecule has 1 saturated heterocycles. The molecular formula is C9H18ClNO2. The van der Waals surface area contributed by atoms with Crippen molar-refractivity contribution in [3.8, 4) is 0 Å². The van der Waals surface area contributed by atoms with Crippen molar-refractivity contribution in [3.63, 3.8) is 0 Å². The van der Waals surface area contributed by atoms with Crippen molar-refractivity contribution in [2.75, 3.05) is 32.2 Å². The SMILES string of the molecule is CC1(C)COCCN1CC(O)CCl. The molecule has 1 aliphatic heterocycles. The Kier molecular flexibility index (Phi) is 3.98. The third kappa shape index (κ3) is 3.09. The highest BCUT2D eigenvalue weighted by Gasteiger charge is 2.31. The molecule has 1 fully saturated rings. The van der Waals surface area contributed by atoms with E-state index in [9.17, 15) is 5.11 Å². The molecule has 78 valence electrons. The van der Waals surface area contributed by atoms with Crippen molar-refractivity contribution >= 4 is 11.6 Å². The van der Waals surface area contributed by atoms with Crippen molar-refractivity contribution < 1.29 is 9.84 Å². The molecular weight excluding hydrogens is 190 g/mol. The number of morpholine rings is 1. The first-order chi connectivity index (χ1) is 6.06. The third-order valence-electron chi connectivity index (χ3n) is 2.43. The Hall–Kier alpha value is 0.170. The molecule has 3 nitrogen and oxygen atoms in total. The summed E-state index contributed by atoms with van der Waals surface area (Å²) in [7, 11) is 0. The molecule has 0 radical (unpaired) electrons. The highest BCUT2D eigenvalue weighted by molar-refractivity contribution is 6.18. The van der Waals surface area contributed by atoms with Gasteiger partial charge in [-0.1, -0.05) is 0 Å². The standard InChI is InChI=1S/C9H18ClNO2/c1-9(2)7-13-4-3-11(9)6-8(12)5-10/h8,12H,3-7H2,1-2H3. The zero-order chi connectivity index (χ0) is 9.90. The predicted octanol–water partition coefficient (Wildman–Crippen LogP) is 0.697. The van der Waals surface area contributed by atoms with Crippen LogP contribution < -0.4 is 0 Å². The monoisotopic (exact) mass is 207 g/mol. The van der Waals surface area contributed by atoms with Crippen LogP contribution in [-0.2, 0) is 4.74 Å². The second-order valence-electron chi connectivity index (χ2n) is 4.12. The molecule has 0 aliphatic carbocycles. The number of hydrogen-bond donors (Lipinski definition) is 1. The fourth-order valence-electron chi connectivity index (χ4n) is 1.53. The largest absolute Gasteiger partial charge is 0.391 e. The number of ether oxygens (including phenoxy) is 1. The molecule has 4 heteroatoms. The molecule has 0 spiro atoms. The van der Waals surface area contributed by atoms with Gasteiger partial charge in [0.25, 0.3) is 0 Å². The van der Waals surface area contributed by atoms with Gasteiger partial charge in [-0.3, -0.25) is 4.90 Å². The molecule has 0 aromatic carbocycles. The summed E-state index contributed by atoms with van der Waals surface area (Å²) < 4.78 is 5.37. The number of β-amino-alcohol motifs (C(OH)–C–C–N with tert-alkyl or cyclic N) is 1. The van der Waals surface area contributed by atoms with Crippen LogP contribution in [0, 0.1) is 0 Å². The number of aliphatic hydroxyl groups is 1. The van der Waals surface area contributed by atoms with Crippen LogP contribution in [0.25, 0.3) is 0 Å². The van der Waals surface area contributed by atoms with Crippen LogP contribution in [0.3, 0.4) is 0 Å². The first-order valence-electron chi connectivity index (χ1n) is 4.63. The van der Waals surface area contributed by atoms with Crippen molar-refractivity contribution in [3.05, 3.63) is 0 Å². The van der Waals surface area contributed by atoms with Crippen LogP contribution in [-0.4, -0.2) is 53.8 Å². The number of halogens is 1. The smallest absolute Gasteiger partial charge is 0.0802 e. The Bertz CT molecular complexity index is 164. The van der Waals surface area contributed by atoms with E-state index < -0.39 is 6.10 Å². The van der Waals surface area contributed by atoms with Crippen LogP contribution in [0.5, 0.6) is 0 Å². The summed E-state index contributed by atoms with van der Waals surface area (Å²) in [5.74, 6) is 0.299. The fraction of sp³-hybridized carbons (Fsp3) is 1.00. The Labute approximate surface area is 84.6 Å². The van der Waals surface area contributed by atoms with E-state index >= 15 is 0 Å². The third-order valence-corrected chi connectivity index (χ3v) is 2.78. The normalized spacial score (nSPS) is 25.8. The predicted molar refractivity (Wildman–Crippen MR) is 53.2 cm³/mol. The van der Waals surface area contributed by atoms with Crippen LogP contribution in [0.1, 0.15) is 13.8 Å². The summed E-state index contributed by atoms with van der Waals surface area (Å²) in [5, 5.41) is 9.43. The van der Waals surface area contributed by atoms with Gasteiger partial charge in [0.05, 0.1) is 19.3 Å². The average molecular weight is 208 g/mol. The molecule has 1 unspecified atom stereocenters. The van der Waals surface area contributed by atoms with Gasteiger partial charge in [-0.05, 0) is 13.8 Å². The number of aliphatic hydroxyl groups excluding tert-OH is 1. The minimum Gasteiger partial charge on any atom is -0.391 e. The van der Waals surface area contributed by atoms with Crippen LogP contribution in [0.2, 0.25) is 0 Å². The van der Waals surface area contributed by atoms with E-state index in [4.69, 9.17) is 16.3 Å². The Morgan fingerprint density at radius 3 is 2.85 bits per heavy atom. The lowest BCUT2D eigenvalue weighted by atomic mass is 10.0. The van der Waals surface area contributed by atoms with E-state index in [1.165, 1.54) is 0 Å². The first-order valence-corrected chi connectivity index (χ1v) is 5.16. The van der Waals surface area contributed by atoms with Crippen LogP contribution >= 0.6 is 11.6 Å². The Morgan fingerprint density at radius 1 is 1.62 bits per heavy atom. The van der Waals surface area contributed by atoms with Crippen LogP contribution in [0.4, 0.5) is 0 Å². The molecule has 13 heavy (non-hydrogen) atoms.